The van der Waals surface area contributed by atoms with Gasteiger partial charge in [-0.05, 0) is 54.6 Å². The molecule has 0 saturated carbocycles. The molecule has 8 heteroatoms. The summed E-state index contributed by atoms with van der Waals surface area (Å²) in [5, 5.41) is 3.10. The molecule has 3 aromatic rings. The lowest BCUT2D eigenvalue weighted by atomic mass is 10.2. The fourth-order valence-corrected chi connectivity index (χ4v) is 3.35. The summed E-state index contributed by atoms with van der Waals surface area (Å²) in [5.74, 6) is -1.41. The average Bonchev–Trinajstić information content (AvgIpc) is 2.98. The number of esters is 1. The number of halogens is 2. The van der Waals surface area contributed by atoms with Crippen molar-refractivity contribution in [1.29, 1.82) is 0 Å². The lowest BCUT2D eigenvalue weighted by Gasteiger charge is -2.14. The zero-order valence-corrected chi connectivity index (χ0v) is 17.4. The van der Waals surface area contributed by atoms with Crippen LogP contribution >= 0.6 is 23.2 Å². The van der Waals surface area contributed by atoms with Crippen LogP contribution in [0.25, 0.3) is 0 Å². The fraction of sp³-hybridized carbons (Fsp3) is 0. The van der Waals surface area contributed by atoms with Gasteiger partial charge in [0.1, 0.15) is 16.5 Å². The minimum atomic E-state index is -0.609. The van der Waals surface area contributed by atoms with Crippen LogP contribution in [0.4, 0.5) is 11.4 Å². The van der Waals surface area contributed by atoms with Gasteiger partial charge in [0.25, 0.3) is 11.8 Å². The first kappa shape index (κ1) is 20.7. The lowest BCUT2D eigenvalue weighted by molar-refractivity contribution is -0.120. The number of rotatable bonds is 5. The van der Waals surface area contributed by atoms with Crippen molar-refractivity contribution in [2.45, 2.75) is 0 Å². The van der Waals surface area contributed by atoms with E-state index < -0.39 is 17.8 Å². The van der Waals surface area contributed by atoms with Crippen LogP contribution in [0.2, 0.25) is 5.02 Å². The first-order chi connectivity index (χ1) is 14.9. The predicted molar refractivity (Wildman–Crippen MR) is 118 cm³/mol. The molecule has 1 aliphatic rings. The summed E-state index contributed by atoms with van der Waals surface area (Å²) in [6.07, 6.45) is 0. The van der Waals surface area contributed by atoms with Crippen LogP contribution in [-0.2, 0) is 9.59 Å². The van der Waals surface area contributed by atoms with Gasteiger partial charge in [-0.1, -0.05) is 47.5 Å². The number of hydrogen-bond acceptors (Lipinski definition) is 5. The van der Waals surface area contributed by atoms with E-state index in [2.05, 4.69) is 5.32 Å². The first-order valence-corrected chi connectivity index (χ1v) is 9.88. The molecule has 0 aliphatic carbocycles. The maximum atomic E-state index is 12.8. The largest absolute Gasteiger partial charge is 0.423 e. The van der Waals surface area contributed by atoms with Crippen LogP contribution in [0.5, 0.6) is 5.75 Å². The molecule has 31 heavy (non-hydrogen) atoms. The standard InChI is InChI=1S/C23H14Cl2N2O4/c24-15-5-4-8-18(13-15)31-23(30)14-9-11-16(12-10-14)26-20-19(25)21(28)27(22(20)29)17-6-2-1-3-7-17/h1-13,26H. The molecule has 1 aliphatic heterocycles. The second-order valence-corrected chi connectivity index (χ2v) is 7.33. The molecule has 0 unspecified atom stereocenters. The van der Waals surface area contributed by atoms with Gasteiger partial charge in [0.05, 0.1) is 11.3 Å². The van der Waals surface area contributed by atoms with Crippen molar-refractivity contribution in [2.75, 3.05) is 10.2 Å². The van der Waals surface area contributed by atoms with Crippen LogP contribution < -0.4 is 15.0 Å². The summed E-state index contributed by atoms with van der Waals surface area (Å²) in [6.45, 7) is 0. The molecule has 1 N–H and O–H groups in total. The summed E-state index contributed by atoms with van der Waals surface area (Å²) in [4.78, 5) is 38.5. The number of ether oxygens (including phenoxy) is 1. The molecule has 6 nitrogen and oxygen atoms in total. The fourth-order valence-electron chi connectivity index (χ4n) is 2.95. The van der Waals surface area contributed by atoms with Gasteiger partial charge in [0.15, 0.2) is 0 Å². The number of imide groups is 1. The predicted octanol–water partition coefficient (Wildman–Crippen LogP) is 4.99. The lowest BCUT2D eigenvalue weighted by Crippen LogP contribution is -2.32. The smallest absolute Gasteiger partial charge is 0.343 e. The highest BCUT2D eigenvalue weighted by atomic mass is 35.5. The van der Waals surface area contributed by atoms with Crippen molar-refractivity contribution in [3.8, 4) is 5.75 Å². The van der Waals surface area contributed by atoms with E-state index in [-0.39, 0.29) is 10.7 Å². The van der Waals surface area contributed by atoms with Gasteiger partial charge < -0.3 is 10.1 Å². The minimum absolute atomic E-state index is 0.0372. The van der Waals surface area contributed by atoms with Crippen LogP contribution in [0.1, 0.15) is 10.4 Å². The highest BCUT2D eigenvalue weighted by Gasteiger charge is 2.38. The number of benzene rings is 3. The molecule has 0 bridgehead atoms. The normalized spacial score (nSPS) is 13.5. The molecule has 1 heterocycles. The second-order valence-electron chi connectivity index (χ2n) is 6.52. The minimum Gasteiger partial charge on any atom is -0.423 e. The van der Waals surface area contributed by atoms with Gasteiger partial charge in [-0.15, -0.1) is 0 Å². The molecule has 0 atom stereocenters. The average molecular weight is 453 g/mol. The van der Waals surface area contributed by atoms with Gasteiger partial charge in [-0.2, -0.15) is 0 Å². The topological polar surface area (TPSA) is 75.7 Å². The second kappa shape index (κ2) is 8.63. The van der Waals surface area contributed by atoms with Crippen LogP contribution in [0.15, 0.2) is 89.6 Å². The summed E-state index contributed by atoms with van der Waals surface area (Å²) < 4.78 is 5.29. The van der Waals surface area contributed by atoms with E-state index in [4.69, 9.17) is 27.9 Å². The Balaban J connectivity index is 1.48. The third kappa shape index (κ3) is 4.30. The van der Waals surface area contributed by atoms with Gasteiger partial charge in [0, 0.05) is 10.7 Å². The number of nitrogens with zero attached hydrogens (tertiary/aromatic N) is 1. The molecule has 0 spiro atoms. The van der Waals surface area contributed by atoms with Gasteiger partial charge in [-0.3, -0.25) is 9.59 Å². The van der Waals surface area contributed by atoms with Crippen LogP contribution in [0.3, 0.4) is 0 Å². The molecule has 0 aromatic heterocycles. The first-order valence-electron chi connectivity index (χ1n) is 9.12. The van der Waals surface area contributed by atoms with E-state index in [1.165, 1.54) is 18.2 Å². The van der Waals surface area contributed by atoms with Crippen molar-refractivity contribution < 1.29 is 19.1 Å². The Labute approximate surface area is 187 Å². The summed E-state index contributed by atoms with van der Waals surface area (Å²) in [7, 11) is 0. The summed E-state index contributed by atoms with van der Waals surface area (Å²) in [6, 6.07) is 21.2. The monoisotopic (exact) mass is 452 g/mol. The quantitative estimate of drug-likeness (QED) is 0.335. The van der Waals surface area contributed by atoms with Crippen LogP contribution in [-0.4, -0.2) is 17.8 Å². The van der Waals surface area contributed by atoms with Crippen molar-refractivity contribution in [3.05, 3.63) is 100 Å². The van der Waals surface area contributed by atoms with Gasteiger partial charge in [-0.25, -0.2) is 9.69 Å². The van der Waals surface area contributed by atoms with Crippen molar-refractivity contribution in [1.82, 2.24) is 0 Å². The Morgan fingerprint density at radius 1 is 0.839 bits per heavy atom. The number of amides is 2. The Morgan fingerprint density at radius 3 is 2.23 bits per heavy atom. The molecule has 4 rings (SSSR count). The zero-order valence-electron chi connectivity index (χ0n) is 15.8. The molecule has 154 valence electrons. The highest BCUT2D eigenvalue weighted by molar-refractivity contribution is 6.53. The van der Waals surface area contributed by atoms with Crippen molar-refractivity contribution in [2.24, 2.45) is 0 Å². The molecular weight excluding hydrogens is 439 g/mol. The molecule has 2 amide bonds. The third-order valence-electron chi connectivity index (χ3n) is 4.44. The van der Waals surface area contributed by atoms with E-state index in [1.807, 2.05) is 0 Å². The molecular formula is C23H14Cl2N2O4. The Morgan fingerprint density at radius 2 is 1.55 bits per heavy atom. The summed E-state index contributed by atoms with van der Waals surface area (Å²) >= 11 is 12.0. The Hall–Kier alpha value is -3.61. The molecule has 0 saturated heterocycles. The van der Waals surface area contributed by atoms with Crippen LogP contribution in [0, 0.1) is 0 Å². The number of carbonyl (C=O) groups is 3. The number of hydrogen-bond donors (Lipinski definition) is 1. The van der Waals surface area contributed by atoms with Crippen molar-refractivity contribution >= 4 is 52.4 Å². The van der Waals surface area contributed by atoms with E-state index in [0.717, 1.165) is 4.90 Å². The number of nitrogens with one attached hydrogen (secondary N) is 1. The van der Waals surface area contributed by atoms with E-state index in [0.29, 0.717) is 27.7 Å². The number of anilines is 2. The number of carbonyl (C=O) groups excluding carboxylic acids is 3. The zero-order chi connectivity index (χ0) is 22.0. The number of para-hydroxylation sites is 1. The third-order valence-corrected chi connectivity index (χ3v) is 5.02. The van der Waals surface area contributed by atoms with E-state index >= 15 is 0 Å². The maximum absolute atomic E-state index is 12.8. The van der Waals surface area contributed by atoms with E-state index in [1.54, 1.807) is 60.7 Å². The maximum Gasteiger partial charge on any atom is 0.343 e. The molecule has 3 aromatic carbocycles. The van der Waals surface area contributed by atoms with E-state index in [9.17, 15) is 14.4 Å². The van der Waals surface area contributed by atoms with Gasteiger partial charge in [0.2, 0.25) is 0 Å². The SMILES string of the molecule is O=C(Oc1cccc(Cl)c1)c1ccc(NC2=C(Cl)C(=O)N(c3ccccc3)C2=O)cc1. The van der Waals surface area contributed by atoms with Gasteiger partial charge >= 0.3 is 5.97 Å². The Kier molecular flexibility index (Phi) is 5.75. The Bertz CT molecular complexity index is 1210. The van der Waals surface area contributed by atoms with Crippen molar-refractivity contribution in [3.63, 3.8) is 0 Å². The highest BCUT2D eigenvalue weighted by Crippen LogP contribution is 2.30. The summed E-state index contributed by atoms with van der Waals surface area (Å²) in [5.41, 5.74) is 1.16. The molecule has 0 fully saturated rings. The molecule has 0 radical (unpaired) electrons.